The summed E-state index contributed by atoms with van der Waals surface area (Å²) in [6.07, 6.45) is 8.30. The van der Waals surface area contributed by atoms with Gasteiger partial charge in [-0.1, -0.05) is 30.9 Å². The van der Waals surface area contributed by atoms with Gasteiger partial charge in [-0.05, 0) is 42.1 Å². The van der Waals surface area contributed by atoms with E-state index in [-0.39, 0.29) is 23.5 Å². The molecule has 0 bridgehead atoms. The number of nitrogens with zero attached hydrogens (tertiary/aromatic N) is 4. The van der Waals surface area contributed by atoms with Gasteiger partial charge in [-0.25, -0.2) is 0 Å². The van der Waals surface area contributed by atoms with Gasteiger partial charge in [0, 0.05) is 12.1 Å². The van der Waals surface area contributed by atoms with Crippen molar-refractivity contribution in [2.24, 2.45) is 0 Å². The number of nitro groups is 1. The Kier molecular flexibility index (Phi) is 5.37. The molecule has 11 heteroatoms. The van der Waals surface area contributed by atoms with E-state index in [2.05, 4.69) is 10.4 Å². The van der Waals surface area contributed by atoms with Gasteiger partial charge >= 0.3 is 5.82 Å². The van der Waals surface area contributed by atoms with Gasteiger partial charge in [0.2, 0.25) is 0 Å². The van der Waals surface area contributed by atoms with Crippen LogP contribution in [0.2, 0.25) is 5.02 Å². The highest BCUT2D eigenvalue weighted by Gasteiger charge is 2.36. The van der Waals surface area contributed by atoms with Crippen LogP contribution < -0.4 is 5.32 Å². The van der Waals surface area contributed by atoms with E-state index in [0.717, 1.165) is 25.7 Å². The van der Waals surface area contributed by atoms with Crippen molar-refractivity contribution in [2.45, 2.75) is 44.7 Å². The Labute approximate surface area is 176 Å². The van der Waals surface area contributed by atoms with Crippen molar-refractivity contribution >= 4 is 46.7 Å². The molecule has 0 atom stereocenters. The summed E-state index contributed by atoms with van der Waals surface area (Å²) < 4.78 is 7.05. The Hall–Kier alpha value is -2.72. The van der Waals surface area contributed by atoms with Gasteiger partial charge in [-0.3, -0.25) is 9.69 Å². The molecule has 0 radical (unpaired) electrons. The van der Waals surface area contributed by atoms with Crippen LogP contribution in [-0.4, -0.2) is 36.7 Å². The standard InChI is InChI=1S/C18H18ClN5O4S/c19-14-10-22(21-16(14)24(26)27)9-13-7-6-12(28-13)8-15-17(25)23(18(29)20-15)11-4-2-1-3-5-11/h6-8,10-11H,1-5,9H2,(H,20,29)/b15-8+. The SMILES string of the molecule is O=C1/C(=C\c2ccc(Cn3cc(Cl)c([N+](=O)[O-])n3)o2)NC(=S)N1C1CCCCC1. The topological polar surface area (TPSA) is 106 Å². The summed E-state index contributed by atoms with van der Waals surface area (Å²) in [4.78, 5) is 24.7. The molecular weight excluding hydrogens is 418 g/mol. The van der Waals surface area contributed by atoms with E-state index in [1.165, 1.54) is 17.3 Å². The molecule has 1 amide bonds. The molecule has 1 saturated heterocycles. The van der Waals surface area contributed by atoms with Crippen LogP contribution in [0.4, 0.5) is 5.82 Å². The summed E-state index contributed by atoms with van der Waals surface area (Å²) in [5.41, 5.74) is 0.374. The van der Waals surface area contributed by atoms with Crippen LogP contribution in [-0.2, 0) is 11.3 Å². The monoisotopic (exact) mass is 435 g/mol. The maximum absolute atomic E-state index is 12.8. The molecule has 9 nitrogen and oxygen atoms in total. The molecule has 0 unspecified atom stereocenters. The quantitative estimate of drug-likeness (QED) is 0.331. The third kappa shape index (κ3) is 4.03. The fourth-order valence-electron chi connectivity index (χ4n) is 3.67. The minimum Gasteiger partial charge on any atom is -0.460 e. The van der Waals surface area contributed by atoms with Crippen LogP contribution in [0.3, 0.4) is 0 Å². The van der Waals surface area contributed by atoms with Gasteiger partial charge in [0.15, 0.2) is 10.1 Å². The van der Waals surface area contributed by atoms with Crippen LogP contribution in [0, 0.1) is 10.1 Å². The first-order chi connectivity index (χ1) is 13.9. The van der Waals surface area contributed by atoms with E-state index >= 15 is 0 Å². The van der Waals surface area contributed by atoms with Crippen molar-refractivity contribution in [2.75, 3.05) is 0 Å². The average molecular weight is 436 g/mol. The summed E-state index contributed by atoms with van der Waals surface area (Å²) in [6, 6.07) is 3.57. The zero-order valence-corrected chi connectivity index (χ0v) is 16.9. The second-order valence-electron chi connectivity index (χ2n) is 7.01. The number of amides is 1. The molecule has 2 aromatic heterocycles. The van der Waals surface area contributed by atoms with E-state index in [1.807, 2.05) is 0 Å². The molecule has 4 rings (SSSR count). The maximum Gasteiger partial charge on any atom is 0.408 e. The smallest absolute Gasteiger partial charge is 0.408 e. The van der Waals surface area contributed by atoms with Crippen LogP contribution in [0.15, 0.2) is 28.4 Å². The zero-order valence-electron chi connectivity index (χ0n) is 15.3. The molecule has 2 aliphatic rings. The van der Waals surface area contributed by atoms with Crippen LogP contribution in [0.1, 0.15) is 43.6 Å². The summed E-state index contributed by atoms with van der Waals surface area (Å²) in [6.45, 7) is 0.171. The Morgan fingerprint density at radius 2 is 2.14 bits per heavy atom. The van der Waals surface area contributed by atoms with Crippen molar-refractivity contribution in [3.8, 4) is 0 Å². The molecule has 1 aliphatic heterocycles. The van der Waals surface area contributed by atoms with Crippen molar-refractivity contribution in [1.82, 2.24) is 20.0 Å². The Bertz CT molecular complexity index is 1010. The largest absolute Gasteiger partial charge is 0.460 e. The van der Waals surface area contributed by atoms with Gasteiger partial charge in [0.05, 0.1) is 11.3 Å². The number of thiocarbonyl (C=S) groups is 1. The predicted octanol–water partition coefficient (Wildman–Crippen LogP) is 3.48. The lowest BCUT2D eigenvalue weighted by atomic mass is 9.94. The van der Waals surface area contributed by atoms with Crippen LogP contribution in [0.5, 0.6) is 0 Å². The molecule has 1 saturated carbocycles. The first-order valence-corrected chi connectivity index (χ1v) is 10.0. The number of carbonyl (C=O) groups excluding carboxylic acids is 1. The lowest BCUT2D eigenvalue weighted by Gasteiger charge is -2.29. The highest BCUT2D eigenvalue weighted by Crippen LogP contribution is 2.27. The second-order valence-corrected chi connectivity index (χ2v) is 7.81. The normalized spacial score (nSPS) is 19.2. The first kappa shape index (κ1) is 19.6. The van der Waals surface area contributed by atoms with Gasteiger partial charge in [-0.15, -0.1) is 0 Å². The van der Waals surface area contributed by atoms with Crippen molar-refractivity contribution in [3.05, 3.63) is 50.7 Å². The Balaban J connectivity index is 1.47. The molecule has 1 N–H and O–H groups in total. The predicted molar refractivity (Wildman–Crippen MR) is 109 cm³/mol. The summed E-state index contributed by atoms with van der Waals surface area (Å²) in [5.74, 6) is 0.437. The number of hydrogen-bond acceptors (Lipinski definition) is 6. The van der Waals surface area contributed by atoms with Gasteiger partial charge < -0.3 is 19.8 Å². The minimum absolute atomic E-state index is 0.0408. The third-order valence-electron chi connectivity index (χ3n) is 5.01. The number of halogens is 1. The summed E-state index contributed by atoms with van der Waals surface area (Å²) in [5, 5.41) is 18.0. The van der Waals surface area contributed by atoms with E-state index in [9.17, 15) is 14.9 Å². The molecule has 2 fully saturated rings. The van der Waals surface area contributed by atoms with Crippen LogP contribution in [0.25, 0.3) is 6.08 Å². The highest BCUT2D eigenvalue weighted by atomic mass is 35.5. The van der Waals surface area contributed by atoms with Crippen molar-refractivity contribution < 1.29 is 14.1 Å². The fourth-order valence-corrected chi connectivity index (χ4v) is 4.23. The van der Waals surface area contributed by atoms with Gasteiger partial charge in [0.25, 0.3) is 5.91 Å². The molecule has 3 heterocycles. The fraction of sp³-hybridized carbons (Fsp3) is 0.389. The number of carbonyl (C=O) groups is 1. The first-order valence-electron chi connectivity index (χ1n) is 9.24. The Morgan fingerprint density at radius 3 is 2.83 bits per heavy atom. The summed E-state index contributed by atoms with van der Waals surface area (Å²) in [7, 11) is 0. The van der Waals surface area contributed by atoms with E-state index in [1.54, 1.807) is 23.1 Å². The van der Waals surface area contributed by atoms with Gasteiger partial charge in [0.1, 0.15) is 23.8 Å². The molecule has 0 aromatic carbocycles. The van der Waals surface area contributed by atoms with E-state index in [4.69, 9.17) is 28.2 Å². The molecule has 0 spiro atoms. The number of nitrogens with one attached hydrogen (secondary N) is 1. The zero-order chi connectivity index (χ0) is 20.5. The average Bonchev–Trinajstić information content (AvgIpc) is 3.35. The Morgan fingerprint density at radius 1 is 1.38 bits per heavy atom. The third-order valence-corrected chi connectivity index (χ3v) is 5.57. The molecular formula is C18H18ClN5O4S. The number of aromatic nitrogens is 2. The minimum atomic E-state index is -0.644. The molecule has 1 aliphatic carbocycles. The lowest BCUT2D eigenvalue weighted by Crippen LogP contribution is -2.41. The second kappa shape index (κ2) is 7.96. The van der Waals surface area contributed by atoms with E-state index in [0.29, 0.717) is 22.3 Å². The molecule has 2 aromatic rings. The van der Waals surface area contributed by atoms with E-state index < -0.39 is 10.7 Å². The van der Waals surface area contributed by atoms with Crippen molar-refractivity contribution in [3.63, 3.8) is 0 Å². The van der Waals surface area contributed by atoms with Crippen LogP contribution >= 0.6 is 23.8 Å². The van der Waals surface area contributed by atoms with Crippen molar-refractivity contribution in [1.29, 1.82) is 0 Å². The lowest BCUT2D eigenvalue weighted by molar-refractivity contribution is -0.389. The summed E-state index contributed by atoms with van der Waals surface area (Å²) >= 11 is 11.2. The van der Waals surface area contributed by atoms with Gasteiger partial charge in [-0.2, -0.15) is 4.68 Å². The highest BCUT2D eigenvalue weighted by molar-refractivity contribution is 7.80. The molecule has 152 valence electrons. The number of furan rings is 1. The maximum atomic E-state index is 12.8. The molecule has 29 heavy (non-hydrogen) atoms. The number of hydrogen-bond donors (Lipinski definition) is 1. The number of rotatable bonds is 5.